The largest absolute Gasteiger partial charge is 0.386 e. The summed E-state index contributed by atoms with van der Waals surface area (Å²) >= 11 is 0. The van der Waals surface area contributed by atoms with E-state index in [1.165, 1.54) is 5.56 Å². The van der Waals surface area contributed by atoms with Gasteiger partial charge in [0.2, 0.25) is 0 Å². The van der Waals surface area contributed by atoms with E-state index in [1.54, 1.807) is 0 Å². The van der Waals surface area contributed by atoms with Crippen LogP contribution >= 0.6 is 0 Å². The van der Waals surface area contributed by atoms with Crippen molar-refractivity contribution in [2.24, 2.45) is 7.05 Å². The van der Waals surface area contributed by atoms with Crippen LogP contribution in [0.5, 0.6) is 0 Å². The van der Waals surface area contributed by atoms with Crippen molar-refractivity contribution in [1.29, 1.82) is 0 Å². The van der Waals surface area contributed by atoms with Gasteiger partial charge in [-0.15, -0.1) is 0 Å². The summed E-state index contributed by atoms with van der Waals surface area (Å²) in [6, 6.07) is 16.4. The van der Waals surface area contributed by atoms with E-state index in [0.717, 1.165) is 28.6 Å². The Morgan fingerprint density at radius 3 is 2.43 bits per heavy atom. The standard InChI is InChI=1S/C18H20N2O/c1-3-13-8-10-14(11-9-13)12-17(21)18-15-6-4-5-7-16(15)20(2)19-18/h4-11,17,21H,3,12H2,1-2H3. The minimum absolute atomic E-state index is 0.580. The minimum Gasteiger partial charge on any atom is -0.386 e. The second kappa shape index (κ2) is 5.70. The van der Waals surface area contributed by atoms with E-state index in [4.69, 9.17) is 0 Å². The molecule has 1 aromatic heterocycles. The molecule has 0 aliphatic rings. The van der Waals surface area contributed by atoms with E-state index in [1.807, 2.05) is 36.0 Å². The van der Waals surface area contributed by atoms with E-state index in [0.29, 0.717) is 6.42 Å². The Kier molecular flexibility index (Phi) is 3.76. The lowest BCUT2D eigenvalue weighted by molar-refractivity contribution is 0.174. The van der Waals surface area contributed by atoms with Crippen LogP contribution in [0, 0.1) is 0 Å². The third kappa shape index (κ3) is 2.69. The first-order valence-electron chi connectivity index (χ1n) is 7.36. The SMILES string of the molecule is CCc1ccc(CC(O)c2nn(C)c3ccccc23)cc1. The fraction of sp³-hybridized carbons (Fsp3) is 0.278. The lowest BCUT2D eigenvalue weighted by atomic mass is 10.0. The zero-order chi connectivity index (χ0) is 14.8. The van der Waals surface area contributed by atoms with Crippen molar-refractivity contribution in [3.8, 4) is 0 Å². The van der Waals surface area contributed by atoms with Gasteiger partial charge in [-0.05, 0) is 23.6 Å². The first-order chi connectivity index (χ1) is 10.2. The van der Waals surface area contributed by atoms with Crippen molar-refractivity contribution >= 4 is 10.9 Å². The van der Waals surface area contributed by atoms with E-state index in [-0.39, 0.29) is 0 Å². The number of aryl methyl sites for hydroxylation is 2. The first kappa shape index (κ1) is 13.8. The highest BCUT2D eigenvalue weighted by atomic mass is 16.3. The van der Waals surface area contributed by atoms with E-state index < -0.39 is 6.10 Å². The predicted octanol–water partition coefficient (Wildman–Crippen LogP) is 3.41. The van der Waals surface area contributed by atoms with Crippen LogP contribution in [0.2, 0.25) is 0 Å². The molecule has 0 fully saturated rings. The van der Waals surface area contributed by atoms with Gasteiger partial charge < -0.3 is 5.11 Å². The zero-order valence-electron chi connectivity index (χ0n) is 12.5. The van der Waals surface area contributed by atoms with Gasteiger partial charge in [-0.25, -0.2) is 0 Å². The maximum atomic E-state index is 10.5. The van der Waals surface area contributed by atoms with Gasteiger partial charge in [-0.1, -0.05) is 49.4 Å². The number of aliphatic hydroxyl groups excluding tert-OH is 1. The Labute approximate surface area is 124 Å². The molecule has 0 aliphatic heterocycles. The van der Waals surface area contributed by atoms with Crippen molar-refractivity contribution in [1.82, 2.24) is 9.78 Å². The molecule has 3 nitrogen and oxygen atoms in total. The minimum atomic E-state index is -0.580. The highest BCUT2D eigenvalue weighted by Crippen LogP contribution is 2.25. The molecular weight excluding hydrogens is 260 g/mol. The lowest BCUT2D eigenvalue weighted by Crippen LogP contribution is -2.04. The van der Waals surface area contributed by atoms with Gasteiger partial charge in [-0.3, -0.25) is 4.68 Å². The van der Waals surface area contributed by atoms with Gasteiger partial charge in [0, 0.05) is 18.9 Å². The molecule has 0 aliphatic carbocycles. The summed E-state index contributed by atoms with van der Waals surface area (Å²) in [4.78, 5) is 0. The third-order valence-corrected chi connectivity index (χ3v) is 3.96. The Bertz CT molecular complexity index is 744. The van der Waals surface area contributed by atoms with Crippen LogP contribution in [-0.2, 0) is 19.9 Å². The van der Waals surface area contributed by atoms with Crippen molar-refractivity contribution in [2.45, 2.75) is 25.9 Å². The summed E-state index contributed by atoms with van der Waals surface area (Å²) in [5.41, 5.74) is 4.26. The van der Waals surface area contributed by atoms with E-state index >= 15 is 0 Å². The van der Waals surface area contributed by atoms with E-state index in [9.17, 15) is 5.11 Å². The number of aromatic nitrogens is 2. The van der Waals surface area contributed by atoms with Gasteiger partial charge in [0.05, 0.1) is 11.2 Å². The Morgan fingerprint density at radius 1 is 1.05 bits per heavy atom. The molecule has 3 aromatic rings. The molecule has 0 saturated heterocycles. The second-order valence-electron chi connectivity index (χ2n) is 5.42. The quantitative estimate of drug-likeness (QED) is 0.795. The van der Waals surface area contributed by atoms with Crippen LogP contribution in [0.1, 0.15) is 29.8 Å². The number of benzene rings is 2. The molecule has 108 valence electrons. The smallest absolute Gasteiger partial charge is 0.102 e. The molecule has 1 atom stereocenters. The summed E-state index contributed by atoms with van der Waals surface area (Å²) in [5.74, 6) is 0. The van der Waals surface area contributed by atoms with E-state index in [2.05, 4.69) is 36.3 Å². The van der Waals surface area contributed by atoms with Crippen molar-refractivity contribution in [2.75, 3.05) is 0 Å². The third-order valence-electron chi connectivity index (χ3n) is 3.96. The molecular formula is C18H20N2O. The van der Waals surface area contributed by atoms with Crippen LogP contribution in [-0.4, -0.2) is 14.9 Å². The molecule has 0 radical (unpaired) electrons. The fourth-order valence-corrected chi connectivity index (χ4v) is 2.72. The molecule has 0 amide bonds. The van der Waals surface area contributed by atoms with Crippen molar-refractivity contribution in [3.63, 3.8) is 0 Å². The molecule has 3 heteroatoms. The summed E-state index contributed by atoms with van der Waals surface area (Å²) in [6.07, 6.45) is 1.04. The monoisotopic (exact) mass is 280 g/mol. The van der Waals surface area contributed by atoms with Crippen LogP contribution < -0.4 is 0 Å². The van der Waals surface area contributed by atoms with Crippen LogP contribution in [0.3, 0.4) is 0 Å². The van der Waals surface area contributed by atoms with Crippen molar-refractivity contribution < 1.29 is 5.11 Å². The summed E-state index contributed by atoms with van der Waals surface area (Å²) < 4.78 is 1.83. The number of para-hydroxylation sites is 1. The maximum Gasteiger partial charge on any atom is 0.102 e. The molecule has 2 aromatic carbocycles. The fourth-order valence-electron chi connectivity index (χ4n) is 2.72. The number of rotatable bonds is 4. The number of nitrogens with zero attached hydrogens (tertiary/aromatic N) is 2. The highest BCUT2D eigenvalue weighted by Gasteiger charge is 2.16. The Hall–Kier alpha value is -2.13. The average Bonchev–Trinajstić information content (AvgIpc) is 2.86. The summed E-state index contributed by atoms with van der Waals surface area (Å²) in [5, 5.41) is 16.0. The molecule has 0 saturated carbocycles. The molecule has 1 unspecified atom stereocenters. The second-order valence-corrected chi connectivity index (χ2v) is 5.42. The summed E-state index contributed by atoms with van der Waals surface area (Å²) in [7, 11) is 1.91. The normalized spacial score (nSPS) is 12.7. The van der Waals surface area contributed by atoms with Crippen LogP contribution in [0.25, 0.3) is 10.9 Å². The number of hydrogen-bond acceptors (Lipinski definition) is 2. The number of hydrogen-bond donors (Lipinski definition) is 1. The van der Waals surface area contributed by atoms with Gasteiger partial charge in [0.15, 0.2) is 0 Å². The number of fused-ring (bicyclic) bond motifs is 1. The molecule has 1 heterocycles. The molecule has 0 spiro atoms. The van der Waals surface area contributed by atoms with Crippen molar-refractivity contribution in [3.05, 3.63) is 65.4 Å². The predicted molar refractivity (Wildman–Crippen MR) is 85.2 cm³/mol. The molecule has 1 N–H and O–H groups in total. The Balaban J connectivity index is 1.88. The topological polar surface area (TPSA) is 38.1 Å². The Morgan fingerprint density at radius 2 is 1.71 bits per heavy atom. The highest BCUT2D eigenvalue weighted by molar-refractivity contribution is 5.82. The van der Waals surface area contributed by atoms with Crippen LogP contribution in [0.15, 0.2) is 48.5 Å². The zero-order valence-corrected chi connectivity index (χ0v) is 12.5. The maximum absolute atomic E-state index is 10.5. The number of aliphatic hydroxyl groups is 1. The van der Waals surface area contributed by atoms with Crippen LogP contribution in [0.4, 0.5) is 0 Å². The van der Waals surface area contributed by atoms with Gasteiger partial charge >= 0.3 is 0 Å². The van der Waals surface area contributed by atoms with Gasteiger partial charge in [0.25, 0.3) is 0 Å². The molecule has 3 rings (SSSR count). The molecule has 0 bridgehead atoms. The lowest BCUT2D eigenvalue weighted by Gasteiger charge is -2.09. The molecule has 21 heavy (non-hydrogen) atoms. The van der Waals surface area contributed by atoms with Gasteiger partial charge in [0.1, 0.15) is 6.10 Å². The van der Waals surface area contributed by atoms with Gasteiger partial charge in [-0.2, -0.15) is 5.10 Å². The first-order valence-corrected chi connectivity index (χ1v) is 7.36. The summed E-state index contributed by atoms with van der Waals surface area (Å²) in [6.45, 7) is 2.14. The average molecular weight is 280 g/mol.